The molecule has 3 fully saturated rings. The number of hydrogen-bond donors (Lipinski definition) is 1. The lowest BCUT2D eigenvalue weighted by Gasteiger charge is -2.37. The molecule has 8 nitrogen and oxygen atoms in total. The number of nitrogens with zero attached hydrogens (tertiary/aromatic N) is 2. The average molecular weight is 638 g/mol. The molecule has 1 aromatic carbocycles. The van der Waals surface area contributed by atoms with E-state index in [1.807, 2.05) is 6.08 Å². The van der Waals surface area contributed by atoms with Gasteiger partial charge < -0.3 is 24.4 Å². The van der Waals surface area contributed by atoms with Crippen LogP contribution in [0.1, 0.15) is 44.9 Å². The van der Waals surface area contributed by atoms with E-state index in [9.17, 15) is 19.5 Å². The maximum atomic E-state index is 14.5. The number of ether oxygens (including phenoxy) is 2. The van der Waals surface area contributed by atoms with Gasteiger partial charge in [-0.25, -0.2) is 0 Å². The number of anilines is 1. The summed E-state index contributed by atoms with van der Waals surface area (Å²) >= 11 is 10.2. The predicted octanol–water partition coefficient (Wildman–Crippen LogP) is 4.67. The molecule has 40 heavy (non-hydrogen) atoms. The van der Waals surface area contributed by atoms with E-state index in [1.165, 1.54) is 4.90 Å². The highest BCUT2D eigenvalue weighted by molar-refractivity contribution is 9.09. The number of aliphatic hydroxyl groups excluding tert-OH is 1. The van der Waals surface area contributed by atoms with E-state index in [0.29, 0.717) is 49.4 Å². The number of amides is 2. The van der Waals surface area contributed by atoms with Gasteiger partial charge in [-0.05, 0) is 57.1 Å². The molecule has 3 aliphatic rings. The first kappa shape index (κ1) is 30.8. The number of alkyl halides is 1. The number of allylic oxidation sites excluding steroid dienone is 1. The Kier molecular flexibility index (Phi) is 10.5. The first-order valence-electron chi connectivity index (χ1n) is 14.0. The molecular weight excluding hydrogens is 600 g/mol. The first-order chi connectivity index (χ1) is 19.3. The molecule has 0 saturated carbocycles. The van der Waals surface area contributed by atoms with Crippen LogP contribution in [0.3, 0.4) is 0 Å². The lowest BCUT2D eigenvalue weighted by Crippen LogP contribution is -2.57. The number of para-hydroxylation sites is 1. The third kappa shape index (κ3) is 5.75. The van der Waals surface area contributed by atoms with Crippen molar-refractivity contribution in [1.82, 2.24) is 4.90 Å². The standard InChI is InChI=1S/C30H38BrClN2O6/c1-3-5-6-12-18-39-29(38)23-24-27(36)34(16-10-7-11-17-35)26(30(24)19-20(31)25(23)40-30)28(37)33(15-4-2)22-14-9-8-13-21(22)32/h3-4,8-9,13-14,20,23-26,35H,1-2,5-7,10-12,15-19H2/t20?,23-,24+,25-,26?,30?/m1/s1. The fourth-order valence-corrected chi connectivity index (χ4v) is 7.58. The Labute approximate surface area is 249 Å². The highest BCUT2D eigenvalue weighted by Crippen LogP contribution is 2.60. The van der Waals surface area contributed by atoms with E-state index >= 15 is 0 Å². The van der Waals surface area contributed by atoms with E-state index in [-0.39, 0.29) is 36.4 Å². The molecule has 1 spiro atoms. The van der Waals surface area contributed by atoms with Crippen LogP contribution in [0.15, 0.2) is 49.6 Å². The number of likely N-dealkylation sites (tertiary alicyclic amines) is 1. The van der Waals surface area contributed by atoms with Crippen LogP contribution in [0.5, 0.6) is 0 Å². The van der Waals surface area contributed by atoms with Crippen LogP contribution in [0.2, 0.25) is 5.02 Å². The van der Waals surface area contributed by atoms with Crippen molar-refractivity contribution in [3.05, 3.63) is 54.6 Å². The maximum Gasteiger partial charge on any atom is 0.312 e. The van der Waals surface area contributed by atoms with Gasteiger partial charge in [-0.15, -0.1) is 13.2 Å². The molecule has 1 aromatic rings. The molecule has 10 heteroatoms. The zero-order chi connectivity index (χ0) is 28.9. The van der Waals surface area contributed by atoms with Gasteiger partial charge in [0.15, 0.2) is 0 Å². The average Bonchev–Trinajstić information content (AvgIpc) is 3.53. The molecule has 0 radical (unpaired) electrons. The van der Waals surface area contributed by atoms with E-state index in [1.54, 1.807) is 35.2 Å². The number of aliphatic hydroxyl groups is 1. The highest BCUT2D eigenvalue weighted by atomic mass is 79.9. The van der Waals surface area contributed by atoms with Gasteiger partial charge in [0.1, 0.15) is 11.6 Å². The summed E-state index contributed by atoms with van der Waals surface area (Å²) in [6, 6.07) is 6.10. The number of esters is 1. The summed E-state index contributed by atoms with van der Waals surface area (Å²) in [4.78, 5) is 44.9. The van der Waals surface area contributed by atoms with E-state index in [2.05, 4.69) is 29.1 Å². The number of rotatable bonds is 15. The molecule has 2 amide bonds. The Morgan fingerprint density at radius 2 is 1.98 bits per heavy atom. The summed E-state index contributed by atoms with van der Waals surface area (Å²) in [7, 11) is 0. The first-order valence-corrected chi connectivity index (χ1v) is 15.3. The van der Waals surface area contributed by atoms with E-state index < -0.39 is 35.6 Å². The smallest absolute Gasteiger partial charge is 0.312 e. The Morgan fingerprint density at radius 1 is 1.20 bits per heavy atom. The second-order valence-corrected chi connectivity index (χ2v) is 12.2. The SMILES string of the molecule is C=CCCCCOC(=O)[C@H]1[C@@H]2OC3(CC2Br)C(C(=O)N(CC=C)c2ccccc2Cl)N(CCCCCO)C(=O)[C@H]13. The number of benzene rings is 1. The topological polar surface area (TPSA) is 96.4 Å². The normalized spacial score (nSPS) is 28.4. The van der Waals surface area contributed by atoms with Crippen LogP contribution in [-0.4, -0.2) is 76.7 Å². The van der Waals surface area contributed by atoms with Crippen molar-refractivity contribution in [2.24, 2.45) is 11.8 Å². The lowest BCUT2D eigenvalue weighted by atomic mass is 9.70. The number of carbonyl (C=O) groups is 3. The molecule has 2 bridgehead atoms. The van der Waals surface area contributed by atoms with Gasteiger partial charge >= 0.3 is 5.97 Å². The number of halogens is 2. The molecule has 6 atom stereocenters. The van der Waals surface area contributed by atoms with Crippen molar-refractivity contribution < 1.29 is 29.0 Å². The zero-order valence-corrected chi connectivity index (χ0v) is 25.0. The van der Waals surface area contributed by atoms with Crippen molar-refractivity contribution in [2.45, 2.75) is 67.5 Å². The Morgan fingerprint density at radius 3 is 2.67 bits per heavy atom. The Hall–Kier alpha value is -2.20. The summed E-state index contributed by atoms with van der Waals surface area (Å²) in [5.74, 6) is -2.69. The molecule has 3 heterocycles. The van der Waals surface area contributed by atoms with Gasteiger partial charge in [0.05, 0.1) is 35.3 Å². The van der Waals surface area contributed by atoms with Gasteiger partial charge in [0.2, 0.25) is 5.91 Å². The molecular formula is C30H38BrClN2O6. The minimum atomic E-state index is -1.18. The Bertz CT molecular complexity index is 1120. The highest BCUT2D eigenvalue weighted by Gasteiger charge is 2.77. The third-order valence-corrected chi connectivity index (χ3v) is 9.28. The van der Waals surface area contributed by atoms with Crippen molar-refractivity contribution >= 4 is 51.0 Å². The van der Waals surface area contributed by atoms with Gasteiger partial charge in [-0.1, -0.05) is 51.8 Å². The molecule has 1 N–H and O–H groups in total. The number of hydrogen-bond acceptors (Lipinski definition) is 6. The number of unbranched alkanes of at least 4 members (excludes halogenated alkanes) is 4. The van der Waals surface area contributed by atoms with Crippen molar-refractivity contribution in [1.29, 1.82) is 0 Å². The van der Waals surface area contributed by atoms with Crippen molar-refractivity contribution in [3.8, 4) is 0 Å². The predicted molar refractivity (Wildman–Crippen MR) is 157 cm³/mol. The van der Waals surface area contributed by atoms with Crippen LogP contribution in [0, 0.1) is 11.8 Å². The molecule has 3 aliphatic heterocycles. The van der Waals surface area contributed by atoms with E-state index in [0.717, 1.165) is 12.8 Å². The van der Waals surface area contributed by atoms with Crippen LogP contribution >= 0.6 is 27.5 Å². The molecule has 218 valence electrons. The zero-order valence-electron chi connectivity index (χ0n) is 22.7. The monoisotopic (exact) mass is 636 g/mol. The second-order valence-electron chi connectivity index (χ2n) is 10.6. The van der Waals surface area contributed by atoms with Crippen molar-refractivity contribution in [3.63, 3.8) is 0 Å². The van der Waals surface area contributed by atoms with Crippen LogP contribution in [0.4, 0.5) is 5.69 Å². The number of carbonyl (C=O) groups excluding carboxylic acids is 3. The minimum Gasteiger partial charge on any atom is -0.465 e. The summed E-state index contributed by atoms with van der Waals surface area (Å²) in [5.41, 5.74) is -0.669. The third-order valence-electron chi connectivity index (χ3n) is 8.12. The van der Waals surface area contributed by atoms with Gasteiger partial charge in [0.25, 0.3) is 5.91 Å². The fourth-order valence-electron chi connectivity index (χ4n) is 6.40. The van der Waals surface area contributed by atoms with E-state index in [4.69, 9.17) is 21.1 Å². The number of fused-ring (bicyclic) bond motifs is 1. The molecule has 3 saturated heterocycles. The lowest BCUT2D eigenvalue weighted by molar-refractivity contribution is -0.155. The molecule has 3 unspecified atom stereocenters. The Balaban J connectivity index is 1.68. The second kappa shape index (κ2) is 13.6. The summed E-state index contributed by atoms with van der Waals surface area (Å²) < 4.78 is 12.2. The largest absolute Gasteiger partial charge is 0.465 e. The summed E-state index contributed by atoms with van der Waals surface area (Å²) in [6.07, 6.45) is 7.56. The maximum absolute atomic E-state index is 14.5. The molecule has 0 aromatic heterocycles. The van der Waals surface area contributed by atoms with Crippen LogP contribution < -0.4 is 4.90 Å². The molecule has 0 aliphatic carbocycles. The van der Waals surface area contributed by atoms with Crippen molar-refractivity contribution in [2.75, 3.05) is 31.2 Å². The van der Waals surface area contributed by atoms with Gasteiger partial charge in [-0.3, -0.25) is 14.4 Å². The van der Waals surface area contributed by atoms with Gasteiger partial charge in [-0.2, -0.15) is 0 Å². The molecule has 4 rings (SSSR count). The summed E-state index contributed by atoms with van der Waals surface area (Å²) in [5, 5.41) is 9.65. The van der Waals surface area contributed by atoms with Crippen LogP contribution in [-0.2, 0) is 23.9 Å². The van der Waals surface area contributed by atoms with Crippen LogP contribution in [0.25, 0.3) is 0 Å². The fraction of sp³-hybridized carbons (Fsp3) is 0.567. The summed E-state index contributed by atoms with van der Waals surface area (Å²) in [6.45, 7) is 8.34. The van der Waals surface area contributed by atoms with Gasteiger partial charge in [0, 0.05) is 24.5 Å². The quantitative estimate of drug-likeness (QED) is 0.130. The minimum absolute atomic E-state index is 0.0548.